The van der Waals surface area contributed by atoms with Crippen LogP contribution < -0.4 is 4.74 Å². The number of nitrogens with zero attached hydrogens (tertiary/aromatic N) is 1. The molecule has 1 rings (SSSR count). The predicted molar refractivity (Wildman–Crippen MR) is 45.8 cm³/mol. The van der Waals surface area contributed by atoms with E-state index in [2.05, 4.69) is 9.72 Å². The van der Waals surface area contributed by atoms with E-state index in [-0.39, 0.29) is 17.2 Å². The summed E-state index contributed by atoms with van der Waals surface area (Å²) in [6.45, 7) is -0.107. The van der Waals surface area contributed by atoms with Gasteiger partial charge in [-0.15, -0.1) is 0 Å². The molecule has 0 fully saturated rings. The highest BCUT2D eigenvalue weighted by atomic mass is 19.4. The van der Waals surface area contributed by atoms with Crippen LogP contribution in [0.1, 0.15) is 17.4 Å². The Morgan fingerprint density at radius 2 is 2.20 bits per heavy atom. The van der Waals surface area contributed by atoms with Gasteiger partial charge in [0.15, 0.2) is 12.4 Å². The van der Waals surface area contributed by atoms with Gasteiger partial charge in [-0.1, -0.05) is 0 Å². The van der Waals surface area contributed by atoms with Crippen molar-refractivity contribution in [2.45, 2.75) is 13.1 Å². The first-order chi connectivity index (χ1) is 6.88. The third kappa shape index (κ3) is 3.97. The number of Topliss-reactive ketones (excluding diaryl/α,β-unsaturated/α-hetero) is 1. The van der Waals surface area contributed by atoms with Crippen molar-refractivity contribution >= 4 is 5.78 Å². The van der Waals surface area contributed by atoms with Gasteiger partial charge in [-0.3, -0.25) is 9.78 Å². The van der Waals surface area contributed by atoms with Crippen LogP contribution in [0.2, 0.25) is 0 Å². The highest BCUT2D eigenvalue weighted by molar-refractivity contribution is 5.92. The van der Waals surface area contributed by atoms with Gasteiger partial charge in [0.1, 0.15) is 11.4 Å². The third-order valence-electron chi connectivity index (χ3n) is 1.49. The second kappa shape index (κ2) is 4.29. The van der Waals surface area contributed by atoms with Crippen LogP contribution >= 0.6 is 0 Å². The summed E-state index contributed by atoms with van der Waals surface area (Å²) in [7, 11) is 0. The molecule has 0 unspecified atom stereocenters. The summed E-state index contributed by atoms with van der Waals surface area (Å²) in [5, 5.41) is 0. The Kier molecular flexibility index (Phi) is 3.28. The van der Waals surface area contributed by atoms with E-state index in [4.69, 9.17) is 0 Å². The van der Waals surface area contributed by atoms with Gasteiger partial charge in [0.25, 0.3) is 0 Å². The lowest BCUT2D eigenvalue weighted by Gasteiger charge is -2.08. The highest BCUT2D eigenvalue weighted by Crippen LogP contribution is 2.18. The predicted octanol–water partition coefficient (Wildman–Crippen LogP) is 2.23. The second-order valence-electron chi connectivity index (χ2n) is 2.84. The molecule has 3 nitrogen and oxygen atoms in total. The lowest BCUT2D eigenvalue weighted by Crippen LogP contribution is -2.19. The van der Waals surface area contributed by atoms with Gasteiger partial charge in [-0.25, -0.2) is 0 Å². The van der Waals surface area contributed by atoms with E-state index < -0.39 is 12.8 Å². The number of alkyl halides is 3. The van der Waals surface area contributed by atoms with Gasteiger partial charge in [0.05, 0.1) is 0 Å². The van der Waals surface area contributed by atoms with Crippen LogP contribution in [-0.4, -0.2) is 23.6 Å². The standard InChI is InChI=1S/C9H8F3NO2/c1-6(14)8-4-7(2-3-13-8)15-5-9(10,11)12/h2-4H,5H2,1H3. The number of rotatable bonds is 3. The third-order valence-corrected chi connectivity index (χ3v) is 1.49. The van der Waals surface area contributed by atoms with Crippen LogP contribution in [0.25, 0.3) is 0 Å². The Morgan fingerprint density at radius 3 is 2.73 bits per heavy atom. The molecule has 0 saturated carbocycles. The lowest BCUT2D eigenvalue weighted by atomic mass is 10.2. The molecule has 1 aromatic rings. The average molecular weight is 219 g/mol. The maximum absolute atomic E-state index is 11.8. The molecule has 0 spiro atoms. The van der Waals surface area contributed by atoms with Crippen LogP contribution in [0.4, 0.5) is 13.2 Å². The van der Waals surface area contributed by atoms with Crippen molar-refractivity contribution < 1.29 is 22.7 Å². The van der Waals surface area contributed by atoms with Crippen molar-refractivity contribution in [2.75, 3.05) is 6.61 Å². The summed E-state index contributed by atoms with van der Waals surface area (Å²) in [5.41, 5.74) is 0.0784. The molecule has 0 amide bonds. The van der Waals surface area contributed by atoms with Gasteiger partial charge in [0.2, 0.25) is 0 Å². The minimum atomic E-state index is -4.39. The molecule has 82 valence electrons. The number of aromatic nitrogens is 1. The van der Waals surface area contributed by atoms with Crippen molar-refractivity contribution in [1.29, 1.82) is 0 Å². The zero-order valence-electron chi connectivity index (χ0n) is 7.84. The van der Waals surface area contributed by atoms with Gasteiger partial charge in [0, 0.05) is 19.2 Å². The van der Waals surface area contributed by atoms with Crippen LogP contribution in [0.3, 0.4) is 0 Å². The van der Waals surface area contributed by atoms with Gasteiger partial charge >= 0.3 is 6.18 Å². The Balaban J connectivity index is 2.70. The first-order valence-corrected chi connectivity index (χ1v) is 4.05. The second-order valence-corrected chi connectivity index (χ2v) is 2.84. The number of carbonyl (C=O) groups excluding carboxylic acids is 1. The number of ketones is 1. The maximum atomic E-state index is 11.8. The molecule has 0 bridgehead atoms. The smallest absolute Gasteiger partial charge is 0.422 e. The van der Waals surface area contributed by atoms with Crippen LogP contribution in [0, 0.1) is 0 Å². The van der Waals surface area contributed by atoms with Crippen molar-refractivity contribution in [3.05, 3.63) is 24.0 Å². The molecule has 0 N–H and O–H groups in total. The summed E-state index contributed by atoms with van der Waals surface area (Å²) < 4.78 is 39.8. The first-order valence-electron chi connectivity index (χ1n) is 4.05. The number of halogens is 3. The topological polar surface area (TPSA) is 39.2 Å². The van der Waals surface area contributed by atoms with E-state index in [1.165, 1.54) is 25.3 Å². The van der Waals surface area contributed by atoms with E-state index in [9.17, 15) is 18.0 Å². The summed E-state index contributed by atoms with van der Waals surface area (Å²) >= 11 is 0. The summed E-state index contributed by atoms with van der Waals surface area (Å²) in [6.07, 6.45) is -3.16. The van der Waals surface area contributed by atoms with Crippen molar-refractivity contribution in [3.63, 3.8) is 0 Å². The quantitative estimate of drug-likeness (QED) is 0.731. The van der Waals surface area contributed by atoms with Crippen LogP contribution in [0.5, 0.6) is 5.75 Å². The van der Waals surface area contributed by atoms with E-state index in [1.807, 2.05) is 0 Å². The summed E-state index contributed by atoms with van der Waals surface area (Å²) in [6, 6.07) is 2.44. The number of ether oxygens (including phenoxy) is 1. The Bertz CT molecular complexity index is 363. The van der Waals surface area contributed by atoms with E-state index in [0.29, 0.717) is 0 Å². The molecule has 0 aliphatic rings. The Labute approximate surface area is 83.9 Å². The van der Waals surface area contributed by atoms with Gasteiger partial charge in [-0.2, -0.15) is 13.2 Å². The maximum Gasteiger partial charge on any atom is 0.422 e. The molecule has 1 heterocycles. The molecular weight excluding hydrogens is 211 g/mol. The van der Waals surface area contributed by atoms with E-state index >= 15 is 0 Å². The number of hydrogen-bond acceptors (Lipinski definition) is 3. The normalized spacial score (nSPS) is 11.2. The molecule has 0 aliphatic heterocycles. The number of hydrogen-bond donors (Lipinski definition) is 0. The van der Waals surface area contributed by atoms with E-state index in [1.54, 1.807) is 0 Å². The van der Waals surface area contributed by atoms with E-state index in [0.717, 1.165) is 0 Å². The minimum absolute atomic E-state index is 0.0208. The molecule has 15 heavy (non-hydrogen) atoms. The fourth-order valence-corrected chi connectivity index (χ4v) is 0.859. The lowest BCUT2D eigenvalue weighted by molar-refractivity contribution is -0.153. The highest BCUT2D eigenvalue weighted by Gasteiger charge is 2.28. The molecule has 0 saturated heterocycles. The Hall–Kier alpha value is -1.59. The minimum Gasteiger partial charge on any atom is -0.484 e. The zero-order chi connectivity index (χ0) is 11.5. The Morgan fingerprint density at radius 1 is 1.53 bits per heavy atom. The average Bonchev–Trinajstić information content (AvgIpc) is 2.14. The van der Waals surface area contributed by atoms with Crippen molar-refractivity contribution in [2.24, 2.45) is 0 Å². The molecule has 6 heteroatoms. The van der Waals surface area contributed by atoms with Crippen LogP contribution in [0.15, 0.2) is 18.3 Å². The van der Waals surface area contributed by atoms with Crippen molar-refractivity contribution in [3.8, 4) is 5.75 Å². The first kappa shape index (κ1) is 11.5. The fourth-order valence-electron chi connectivity index (χ4n) is 0.859. The molecule has 0 radical (unpaired) electrons. The monoisotopic (exact) mass is 219 g/mol. The largest absolute Gasteiger partial charge is 0.484 e. The molecule has 0 atom stereocenters. The SMILES string of the molecule is CC(=O)c1cc(OCC(F)(F)F)ccn1. The molecular formula is C9H8F3NO2. The van der Waals surface area contributed by atoms with Gasteiger partial charge in [-0.05, 0) is 6.07 Å². The number of carbonyl (C=O) groups is 1. The summed E-state index contributed by atoms with van der Waals surface area (Å²) in [4.78, 5) is 14.5. The zero-order valence-corrected chi connectivity index (χ0v) is 7.84. The molecule has 0 aliphatic carbocycles. The van der Waals surface area contributed by atoms with Crippen molar-refractivity contribution in [1.82, 2.24) is 4.98 Å². The molecule has 0 aromatic carbocycles. The summed E-state index contributed by atoms with van der Waals surface area (Å²) in [5.74, 6) is -0.347. The van der Waals surface area contributed by atoms with Crippen LogP contribution in [-0.2, 0) is 0 Å². The van der Waals surface area contributed by atoms with Gasteiger partial charge < -0.3 is 4.74 Å². The molecule has 1 aromatic heterocycles. The number of pyridine rings is 1. The fraction of sp³-hybridized carbons (Fsp3) is 0.333.